The van der Waals surface area contributed by atoms with Crippen LogP contribution in [-0.4, -0.2) is 29.4 Å². The molecule has 2 aliphatic heterocycles. The van der Waals surface area contributed by atoms with Crippen molar-refractivity contribution in [1.29, 1.82) is 0 Å². The maximum atomic E-state index is 11.8. The van der Waals surface area contributed by atoms with Crippen LogP contribution in [0.25, 0.3) is 0 Å². The van der Waals surface area contributed by atoms with Gasteiger partial charge in [0.15, 0.2) is 11.5 Å². The van der Waals surface area contributed by atoms with Gasteiger partial charge in [0.1, 0.15) is 5.75 Å². The molecule has 1 saturated carbocycles. The first-order chi connectivity index (χ1) is 9.65. The summed E-state index contributed by atoms with van der Waals surface area (Å²) < 4.78 is 11.2. The van der Waals surface area contributed by atoms with Crippen molar-refractivity contribution >= 4 is 5.97 Å². The number of fused-ring (bicyclic) bond motifs is 2. The van der Waals surface area contributed by atoms with E-state index >= 15 is 0 Å². The number of hydrogen-bond donors (Lipinski definition) is 2. The maximum Gasteiger partial charge on any atom is 0.314 e. The number of ether oxygens (including phenoxy) is 2. The van der Waals surface area contributed by atoms with Crippen molar-refractivity contribution in [2.24, 2.45) is 0 Å². The molecular formula is C15H16O5. The SMILES string of the molecule is O=C(O)C1(c2c3c(c(O)c4c2OCC4)OCC3)CCC1. The minimum Gasteiger partial charge on any atom is -0.504 e. The van der Waals surface area contributed by atoms with E-state index in [1.54, 1.807) is 0 Å². The lowest BCUT2D eigenvalue weighted by Crippen LogP contribution is -2.43. The lowest BCUT2D eigenvalue weighted by Gasteiger charge is -2.40. The Morgan fingerprint density at radius 1 is 1.05 bits per heavy atom. The van der Waals surface area contributed by atoms with E-state index in [1.807, 2.05) is 0 Å². The molecular weight excluding hydrogens is 260 g/mol. The van der Waals surface area contributed by atoms with Crippen molar-refractivity contribution in [1.82, 2.24) is 0 Å². The predicted octanol–water partition coefficient (Wildman–Crippen LogP) is 1.77. The summed E-state index contributed by atoms with van der Waals surface area (Å²) in [6.45, 7) is 0.989. The molecule has 1 fully saturated rings. The summed E-state index contributed by atoms with van der Waals surface area (Å²) in [5.41, 5.74) is 1.48. The van der Waals surface area contributed by atoms with Crippen LogP contribution in [0.2, 0.25) is 0 Å². The number of carboxylic acid groups (broad SMARTS) is 1. The van der Waals surface area contributed by atoms with Crippen LogP contribution in [0.4, 0.5) is 0 Å². The number of carbonyl (C=O) groups is 1. The number of carboxylic acids is 1. The Morgan fingerprint density at radius 2 is 1.70 bits per heavy atom. The van der Waals surface area contributed by atoms with Gasteiger partial charge in [-0.3, -0.25) is 4.79 Å². The monoisotopic (exact) mass is 276 g/mol. The van der Waals surface area contributed by atoms with Gasteiger partial charge in [-0.05, 0) is 12.8 Å². The second-order valence-corrected chi connectivity index (χ2v) is 5.78. The molecule has 5 heteroatoms. The molecule has 0 saturated heterocycles. The van der Waals surface area contributed by atoms with Crippen LogP contribution in [0, 0.1) is 0 Å². The summed E-state index contributed by atoms with van der Waals surface area (Å²) >= 11 is 0. The van der Waals surface area contributed by atoms with E-state index in [9.17, 15) is 15.0 Å². The van der Waals surface area contributed by atoms with E-state index in [-0.39, 0.29) is 5.75 Å². The Hall–Kier alpha value is -1.91. The zero-order valence-corrected chi connectivity index (χ0v) is 11.1. The van der Waals surface area contributed by atoms with Crippen molar-refractivity contribution in [3.8, 4) is 17.2 Å². The van der Waals surface area contributed by atoms with Gasteiger partial charge in [0.05, 0.1) is 18.6 Å². The summed E-state index contributed by atoms with van der Waals surface area (Å²) in [5, 5.41) is 20.0. The highest BCUT2D eigenvalue weighted by molar-refractivity contribution is 5.86. The first-order valence-electron chi connectivity index (χ1n) is 7.05. The summed E-state index contributed by atoms with van der Waals surface area (Å²) in [7, 11) is 0. The maximum absolute atomic E-state index is 11.8. The molecule has 2 heterocycles. The smallest absolute Gasteiger partial charge is 0.314 e. The van der Waals surface area contributed by atoms with Crippen molar-refractivity contribution in [2.45, 2.75) is 37.5 Å². The van der Waals surface area contributed by atoms with E-state index in [2.05, 4.69) is 0 Å². The van der Waals surface area contributed by atoms with E-state index in [4.69, 9.17) is 9.47 Å². The first kappa shape index (κ1) is 11.9. The molecule has 0 unspecified atom stereocenters. The van der Waals surface area contributed by atoms with Crippen LogP contribution >= 0.6 is 0 Å². The summed E-state index contributed by atoms with van der Waals surface area (Å²) in [6.07, 6.45) is 3.44. The highest BCUT2D eigenvalue weighted by Crippen LogP contribution is 2.57. The summed E-state index contributed by atoms with van der Waals surface area (Å²) in [5.74, 6) is 0.445. The lowest BCUT2D eigenvalue weighted by atomic mass is 9.62. The van der Waals surface area contributed by atoms with Gasteiger partial charge >= 0.3 is 5.97 Å². The fourth-order valence-corrected chi connectivity index (χ4v) is 3.69. The van der Waals surface area contributed by atoms with Crippen LogP contribution in [0.15, 0.2) is 0 Å². The van der Waals surface area contributed by atoms with E-state index < -0.39 is 11.4 Å². The molecule has 0 amide bonds. The summed E-state index contributed by atoms with van der Waals surface area (Å²) in [6, 6.07) is 0. The van der Waals surface area contributed by atoms with Crippen LogP contribution in [0.1, 0.15) is 36.0 Å². The fraction of sp³-hybridized carbons (Fsp3) is 0.533. The summed E-state index contributed by atoms with van der Waals surface area (Å²) in [4.78, 5) is 11.8. The van der Waals surface area contributed by atoms with Gasteiger partial charge in [0.2, 0.25) is 0 Å². The van der Waals surface area contributed by atoms with Gasteiger partial charge in [-0.25, -0.2) is 0 Å². The molecule has 0 bridgehead atoms. The van der Waals surface area contributed by atoms with Gasteiger partial charge in [-0.1, -0.05) is 6.42 Å². The molecule has 0 radical (unpaired) electrons. The lowest BCUT2D eigenvalue weighted by molar-refractivity contribution is -0.147. The Morgan fingerprint density at radius 3 is 2.30 bits per heavy atom. The van der Waals surface area contributed by atoms with Crippen LogP contribution in [0.3, 0.4) is 0 Å². The second-order valence-electron chi connectivity index (χ2n) is 5.78. The normalized spacial score (nSPS) is 21.4. The van der Waals surface area contributed by atoms with Crippen molar-refractivity contribution in [2.75, 3.05) is 13.2 Å². The van der Waals surface area contributed by atoms with Crippen LogP contribution in [0.5, 0.6) is 17.2 Å². The number of phenolic OH excluding ortho intramolecular Hbond substituents is 1. The molecule has 20 heavy (non-hydrogen) atoms. The number of aromatic hydroxyl groups is 1. The zero-order chi connectivity index (χ0) is 13.9. The highest BCUT2D eigenvalue weighted by Gasteiger charge is 2.51. The van der Waals surface area contributed by atoms with Gasteiger partial charge in [-0.15, -0.1) is 0 Å². The average Bonchev–Trinajstić information content (AvgIpc) is 3.00. The Kier molecular flexibility index (Phi) is 2.26. The largest absolute Gasteiger partial charge is 0.504 e. The average molecular weight is 276 g/mol. The van der Waals surface area contributed by atoms with Crippen molar-refractivity contribution < 1.29 is 24.5 Å². The minimum atomic E-state index is -0.847. The van der Waals surface area contributed by atoms with Crippen LogP contribution in [-0.2, 0) is 23.1 Å². The molecule has 2 N–H and O–H groups in total. The molecule has 1 aromatic carbocycles. The molecule has 0 aromatic heterocycles. The van der Waals surface area contributed by atoms with Gasteiger partial charge in [0, 0.05) is 29.5 Å². The van der Waals surface area contributed by atoms with E-state index in [0.29, 0.717) is 56.0 Å². The standard InChI is InChI=1S/C15H16O5/c16-11-9-3-7-19-12(9)10(8-2-6-20-13(8)11)15(14(17)18)4-1-5-15/h16H,1-7H2,(H,17,18). The topological polar surface area (TPSA) is 76.0 Å². The first-order valence-corrected chi connectivity index (χ1v) is 7.05. The fourth-order valence-electron chi connectivity index (χ4n) is 3.69. The third-order valence-corrected chi connectivity index (χ3v) is 4.87. The minimum absolute atomic E-state index is 0.147. The number of benzene rings is 1. The number of hydrogen-bond acceptors (Lipinski definition) is 4. The molecule has 1 aliphatic carbocycles. The molecule has 0 atom stereocenters. The van der Waals surface area contributed by atoms with E-state index in [0.717, 1.165) is 17.5 Å². The molecule has 4 rings (SSSR count). The highest BCUT2D eigenvalue weighted by atomic mass is 16.5. The third-order valence-electron chi connectivity index (χ3n) is 4.87. The Labute approximate surface area is 116 Å². The zero-order valence-electron chi connectivity index (χ0n) is 11.1. The molecule has 5 nitrogen and oxygen atoms in total. The van der Waals surface area contributed by atoms with E-state index in [1.165, 1.54) is 0 Å². The molecule has 1 aromatic rings. The number of rotatable bonds is 2. The van der Waals surface area contributed by atoms with Gasteiger partial charge in [0.25, 0.3) is 0 Å². The third kappa shape index (κ3) is 1.25. The van der Waals surface area contributed by atoms with Crippen molar-refractivity contribution in [3.05, 3.63) is 16.7 Å². The molecule has 3 aliphatic rings. The van der Waals surface area contributed by atoms with Gasteiger partial charge < -0.3 is 19.7 Å². The van der Waals surface area contributed by atoms with Crippen LogP contribution < -0.4 is 9.47 Å². The predicted molar refractivity (Wildman–Crippen MR) is 69.7 cm³/mol. The van der Waals surface area contributed by atoms with Crippen molar-refractivity contribution in [3.63, 3.8) is 0 Å². The number of phenols is 1. The second kappa shape index (κ2) is 3.81. The Balaban J connectivity index is 2.03. The van der Waals surface area contributed by atoms with Gasteiger partial charge in [-0.2, -0.15) is 0 Å². The molecule has 106 valence electrons. The number of aliphatic carboxylic acids is 1. The quantitative estimate of drug-likeness (QED) is 0.861. The Bertz CT molecular complexity index is 580. The molecule has 0 spiro atoms.